The average molecular weight is 409 g/mol. The number of amides is 1. The fourth-order valence-corrected chi connectivity index (χ4v) is 3.02. The zero-order valence-corrected chi connectivity index (χ0v) is 16.8. The molecular weight excluding hydrogens is 388 g/mol. The van der Waals surface area contributed by atoms with Crippen LogP contribution in [0.15, 0.2) is 60.7 Å². The van der Waals surface area contributed by atoms with E-state index in [1.165, 1.54) is 6.08 Å². The lowest BCUT2D eigenvalue weighted by Gasteiger charge is -2.10. The largest absolute Gasteiger partial charge is 0.459 e. The molecule has 0 bridgehead atoms. The molecule has 0 saturated heterocycles. The zero-order valence-electron chi connectivity index (χ0n) is 16.0. The van der Waals surface area contributed by atoms with E-state index in [-0.39, 0.29) is 25.5 Å². The Kier molecular flexibility index (Phi) is 6.98. The number of nitrogens with one attached hydrogen (secondary N) is 1. The van der Waals surface area contributed by atoms with Crippen LogP contribution in [0.25, 0.3) is 17.0 Å². The highest BCUT2D eigenvalue weighted by atomic mass is 35.5. The number of pyridine rings is 1. The van der Waals surface area contributed by atoms with Crippen LogP contribution in [0.5, 0.6) is 0 Å². The molecule has 3 rings (SSSR count). The zero-order chi connectivity index (χ0) is 20.6. The molecule has 6 heteroatoms. The predicted molar refractivity (Wildman–Crippen MR) is 114 cm³/mol. The Bertz CT molecular complexity index is 1050. The van der Waals surface area contributed by atoms with Gasteiger partial charge in [0, 0.05) is 18.0 Å². The number of carbonyl (C=O) groups is 2. The van der Waals surface area contributed by atoms with Crippen molar-refractivity contribution < 1.29 is 14.3 Å². The van der Waals surface area contributed by atoms with Gasteiger partial charge in [0.1, 0.15) is 6.61 Å². The number of rotatable bonds is 7. The Morgan fingerprint density at radius 2 is 1.83 bits per heavy atom. The topological polar surface area (TPSA) is 68.3 Å². The van der Waals surface area contributed by atoms with Gasteiger partial charge in [-0.05, 0) is 30.2 Å². The molecule has 0 aliphatic heterocycles. The second kappa shape index (κ2) is 9.85. The summed E-state index contributed by atoms with van der Waals surface area (Å²) in [7, 11) is 0. The van der Waals surface area contributed by atoms with Crippen molar-refractivity contribution >= 4 is 40.5 Å². The van der Waals surface area contributed by atoms with Crippen molar-refractivity contribution in [2.24, 2.45) is 0 Å². The van der Waals surface area contributed by atoms with Gasteiger partial charge in [0.05, 0.1) is 22.7 Å². The fraction of sp³-hybridized carbons (Fsp3) is 0.174. The Labute approximate surface area is 174 Å². The molecule has 0 aliphatic carbocycles. The van der Waals surface area contributed by atoms with Gasteiger partial charge in [-0.1, -0.05) is 60.1 Å². The maximum atomic E-state index is 12.0. The molecule has 0 radical (unpaired) electrons. The second-order valence-corrected chi connectivity index (χ2v) is 6.84. The Morgan fingerprint density at radius 1 is 1.10 bits per heavy atom. The molecule has 29 heavy (non-hydrogen) atoms. The third kappa shape index (κ3) is 5.65. The summed E-state index contributed by atoms with van der Waals surface area (Å²) >= 11 is 6.37. The van der Waals surface area contributed by atoms with Gasteiger partial charge < -0.3 is 10.1 Å². The SMILES string of the molecule is Cc1c(Cl)c(COC(=O)CCNC(=O)/C=C/c2ccccc2)nc2ccccc12. The monoisotopic (exact) mass is 408 g/mol. The van der Waals surface area contributed by atoms with Gasteiger partial charge in [-0.25, -0.2) is 4.98 Å². The normalized spacial score (nSPS) is 11.0. The summed E-state index contributed by atoms with van der Waals surface area (Å²) < 4.78 is 5.27. The number of aromatic nitrogens is 1. The lowest BCUT2D eigenvalue weighted by atomic mass is 10.1. The number of hydrogen-bond donors (Lipinski definition) is 1. The van der Waals surface area contributed by atoms with Gasteiger partial charge in [0.25, 0.3) is 0 Å². The first-order valence-electron chi connectivity index (χ1n) is 9.25. The molecule has 5 nitrogen and oxygen atoms in total. The number of nitrogens with zero attached hydrogens (tertiary/aromatic N) is 1. The number of benzene rings is 2. The minimum atomic E-state index is -0.430. The second-order valence-electron chi connectivity index (χ2n) is 6.46. The number of ether oxygens (including phenoxy) is 1. The van der Waals surface area contributed by atoms with Crippen molar-refractivity contribution in [3.63, 3.8) is 0 Å². The molecule has 1 N–H and O–H groups in total. The van der Waals surface area contributed by atoms with E-state index in [1.807, 2.05) is 61.5 Å². The van der Waals surface area contributed by atoms with Crippen LogP contribution in [-0.4, -0.2) is 23.4 Å². The van der Waals surface area contributed by atoms with Crippen LogP contribution in [0.1, 0.15) is 23.2 Å². The standard InChI is InChI=1S/C23H21ClN2O3/c1-16-18-9-5-6-10-19(18)26-20(23(16)24)15-29-22(28)13-14-25-21(27)12-11-17-7-3-2-4-8-17/h2-12H,13-15H2,1H3,(H,25,27)/b12-11+. The number of fused-ring (bicyclic) bond motifs is 1. The van der Waals surface area contributed by atoms with Crippen LogP contribution in [0.3, 0.4) is 0 Å². The molecular formula is C23H21ClN2O3. The van der Waals surface area contributed by atoms with Crippen LogP contribution in [0, 0.1) is 6.92 Å². The van der Waals surface area contributed by atoms with E-state index in [9.17, 15) is 9.59 Å². The molecule has 2 aromatic carbocycles. The van der Waals surface area contributed by atoms with Crippen molar-refractivity contribution in [1.29, 1.82) is 0 Å². The summed E-state index contributed by atoms with van der Waals surface area (Å²) in [5.41, 5.74) is 3.15. The summed E-state index contributed by atoms with van der Waals surface area (Å²) in [6, 6.07) is 17.2. The van der Waals surface area contributed by atoms with Crippen molar-refractivity contribution in [2.45, 2.75) is 20.0 Å². The van der Waals surface area contributed by atoms with E-state index in [0.29, 0.717) is 10.7 Å². The molecule has 0 unspecified atom stereocenters. The molecule has 0 aliphatic rings. The molecule has 1 amide bonds. The summed E-state index contributed by atoms with van der Waals surface area (Å²) in [6.07, 6.45) is 3.21. The Morgan fingerprint density at radius 3 is 2.62 bits per heavy atom. The van der Waals surface area contributed by atoms with Gasteiger partial charge in [-0.3, -0.25) is 9.59 Å². The van der Waals surface area contributed by atoms with Gasteiger partial charge >= 0.3 is 5.97 Å². The summed E-state index contributed by atoms with van der Waals surface area (Å²) in [5.74, 6) is -0.697. The smallest absolute Gasteiger partial charge is 0.307 e. The van der Waals surface area contributed by atoms with Crippen LogP contribution >= 0.6 is 11.6 Å². The number of carbonyl (C=O) groups excluding carboxylic acids is 2. The highest BCUT2D eigenvalue weighted by molar-refractivity contribution is 6.32. The highest BCUT2D eigenvalue weighted by Gasteiger charge is 2.12. The van der Waals surface area contributed by atoms with Crippen molar-refractivity contribution in [2.75, 3.05) is 6.54 Å². The van der Waals surface area contributed by atoms with E-state index in [1.54, 1.807) is 6.08 Å². The van der Waals surface area contributed by atoms with Crippen LogP contribution < -0.4 is 5.32 Å². The van der Waals surface area contributed by atoms with Crippen molar-refractivity contribution in [3.05, 3.63) is 82.5 Å². The quantitative estimate of drug-likeness (QED) is 0.463. The molecule has 0 spiro atoms. The lowest BCUT2D eigenvalue weighted by Crippen LogP contribution is -2.24. The summed E-state index contributed by atoms with van der Waals surface area (Å²) in [5, 5.41) is 4.13. The number of esters is 1. The van der Waals surface area contributed by atoms with E-state index in [2.05, 4.69) is 10.3 Å². The Hall–Kier alpha value is -3.18. The molecule has 0 fully saturated rings. The average Bonchev–Trinajstić information content (AvgIpc) is 2.74. The first-order valence-corrected chi connectivity index (χ1v) is 9.62. The third-order valence-electron chi connectivity index (χ3n) is 4.37. The number of para-hydroxylation sites is 1. The Balaban J connectivity index is 1.47. The highest BCUT2D eigenvalue weighted by Crippen LogP contribution is 2.27. The van der Waals surface area contributed by atoms with Crippen LogP contribution in [0.2, 0.25) is 5.02 Å². The van der Waals surface area contributed by atoms with E-state index < -0.39 is 5.97 Å². The molecule has 0 atom stereocenters. The summed E-state index contributed by atoms with van der Waals surface area (Å²) in [4.78, 5) is 28.3. The van der Waals surface area contributed by atoms with Crippen molar-refractivity contribution in [3.8, 4) is 0 Å². The summed E-state index contributed by atoms with van der Waals surface area (Å²) in [6.45, 7) is 2.09. The van der Waals surface area contributed by atoms with Gasteiger partial charge in [-0.2, -0.15) is 0 Å². The van der Waals surface area contributed by atoms with Crippen LogP contribution in [0.4, 0.5) is 0 Å². The van der Waals surface area contributed by atoms with Crippen molar-refractivity contribution in [1.82, 2.24) is 10.3 Å². The van der Waals surface area contributed by atoms with Gasteiger partial charge in [-0.15, -0.1) is 0 Å². The maximum absolute atomic E-state index is 12.0. The lowest BCUT2D eigenvalue weighted by molar-refractivity contribution is -0.144. The first kappa shape index (κ1) is 20.6. The maximum Gasteiger partial charge on any atom is 0.307 e. The molecule has 3 aromatic rings. The third-order valence-corrected chi connectivity index (χ3v) is 4.87. The number of halogens is 1. The van der Waals surface area contributed by atoms with Gasteiger partial charge in [0.15, 0.2) is 0 Å². The van der Waals surface area contributed by atoms with Gasteiger partial charge in [0.2, 0.25) is 5.91 Å². The van der Waals surface area contributed by atoms with E-state index in [4.69, 9.17) is 16.3 Å². The minimum absolute atomic E-state index is 0.00873. The van der Waals surface area contributed by atoms with E-state index in [0.717, 1.165) is 22.0 Å². The predicted octanol–water partition coefficient (Wildman–Crippen LogP) is 4.46. The molecule has 1 heterocycles. The molecule has 0 saturated carbocycles. The fourth-order valence-electron chi connectivity index (χ4n) is 2.82. The van der Waals surface area contributed by atoms with E-state index >= 15 is 0 Å². The molecule has 148 valence electrons. The molecule has 1 aromatic heterocycles. The number of aryl methyl sites for hydroxylation is 1. The number of hydrogen-bond acceptors (Lipinski definition) is 4. The minimum Gasteiger partial charge on any atom is -0.459 e. The van der Waals surface area contributed by atoms with Crippen LogP contribution in [-0.2, 0) is 20.9 Å². The first-order chi connectivity index (χ1) is 14.0.